The van der Waals surface area contributed by atoms with Crippen molar-refractivity contribution in [2.45, 2.75) is 6.54 Å². The fraction of sp³-hybridized carbons (Fsp3) is 0.0556. The molecule has 1 aromatic carbocycles. The Kier molecular flexibility index (Phi) is 4.84. The van der Waals surface area contributed by atoms with E-state index in [-0.39, 0.29) is 17.7 Å². The zero-order valence-electron chi connectivity index (χ0n) is 13.5. The highest BCUT2D eigenvalue weighted by atomic mass is 16.4. The van der Waals surface area contributed by atoms with Crippen LogP contribution in [-0.4, -0.2) is 32.2 Å². The summed E-state index contributed by atoms with van der Waals surface area (Å²) in [6.45, 7) is 0.158. The average molecular weight is 350 g/mol. The molecule has 1 amide bonds. The maximum Gasteiger partial charge on any atom is 0.335 e. The zero-order valence-corrected chi connectivity index (χ0v) is 13.5. The minimum atomic E-state index is -1.02. The summed E-state index contributed by atoms with van der Waals surface area (Å²) in [4.78, 5) is 39.0. The second-order valence-electron chi connectivity index (χ2n) is 5.42. The van der Waals surface area contributed by atoms with Gasteiger partial charge in [0.1, 0.15) is 5.56 Å². The summed E-state index contributed by atoms with van der Waals surface area (Å²) in [5.41, 5.74) is 1.38. The second kappa shape index (κ2) is 7.39. The molecular weight excluding hydrogens is 336 g/mol. The maximum atomic E-state index is 12.3. The highest BCUT2D eigenvalue weighted by Crippen LogP contribution is 2.14. The predicted octanol–water partition coefficient (Wildman–Crippen LogP) is 1.46. The van der Waals surface area contributed by atoms with Gasteiger partial charge in [-0.15, -0.1) is 0 Å². The van der Waals surface area contributed by atoms with Gasteiger partial charge in [-0.05, 0) is 35.9 Å². The third-order valence-corrected chi connectivity index (χ3v) is 3.68. The van der Waals surface area contributed by atoms with E-state index in [1.807, 2.05) is 0 Å². The number of amides is 1. The van der Waals surface area contributed by atoms with Gasteiger partial charge in [0.15, 0.2) is 0 Å². The Hall–Kier alpha value is -3.81. The van der Waals surface area contributed by atoms with Gasteiger partial charge in [-0.1, -0.05) is 12.1 Å². The van der Waals surface area contributed by atoms with Crippen LogP contribution in [0.15, 0.2) is 59.7 Å². The van der Waals surface area contributed by atoms with E-state index in [4.69, 9.17) is 5.11 Å². The van der Waals surface area contributed by atoms with Gasteiger partial charge in [0.2, 0.25) is 0 Å². The third-order valence-electron chi connectivity index (χ3n) is 3.68. The van der Waals surface area contributed by atoms with Crippen LogP contribution in [0.5, 0.6) is 0 Å². The number of carboxylic acids is 1. The summed E-state index contributed by atoms with van der Waals surface area (Å²) < 4.78 is 0. The first-order valence-corrected chi connectivity index (χ1v) is 7.65. The molecule has 0 aliphatic carbocycles. The van der Waals surface area contributed by atoms with Crippen molar-refractivity contribution < 1.29 is 14.7 Å². The number of hydrogen-bond donors (Lipinski definition) is 3. The van der Waals surface area contributed by atoms with Crippen LogP contribution >= 0.6 is 0 Å². The molecule has 130 valence electrons. The van der Waals surface area contributed by atoms with Crippen molar-refractivity contribution in [1.82, 2.24) is 20.5 Å². The number of hydrogen-bond acceptors (Lipinski definition) is 5. The molecule has 0 atom stereocenters. The Morgan fingerprint density at radius 2 is 1.77 bits per heavy atom. The minimum absolute atomic E-state index is 0.0611. The lowest BCUT2D eigenvalue weighted by molar-refractivity contribution is 0.0696. The van der Waals surface area contributed by atoms with E-state index in [1.54, 1.807) is 36.7 Å². The third kappa shape index (κ3) is 3.81. The van der Waals surface area contributed by atoms with E-state index in [9.17, 15) is 14.4 Å². The van der Waals surface area contributed by atoms with Crippen LogP contribution in [0.1, 0.15) is 26.3 Å². The summed E-state index contributed by atoms with van der Waals surface area (Å²) in [5, 5.41) is 17.8. The molecule has 0 aliphatic rings. The molecule has 3 rings (SSSR count). The van der Waals surface area contributed by atoms with Gasteiger partial charge >= 0.3 is 5.97 Å². The molecule has 0 radical (unpaired) electrons. The molecule has 2 heterocycles. The Balaban J connectivity index is 1.75. The molecule has 0 saturated heterocycles. The molecular formula is C18H14N4O4. The van der Waals surface area contributed by atoms with Crippen LogP contribution in [0.4, 0.5) is 0 Å². The average Bonchev–Trinajstić information content (AvgIpc) is 2.67. The number of aromatic nitrogens is 3. The number of H-pyrrole nitrogens is 1. The van der Waals surface area contributed by atoms with Crippen LogP contribution in [0.3, 0.4) is 0 Å². The Morgan fingerprint density at radius 1 is 1.08 bits per heavy atom. The Bertz CT molecular complexity index is 998. The SMILES string of the molecule is O=C(O)c1ccc(CNC(=O)c2cc(-c3ccncc3)n[nH]c2=O)cc1. The van der Waals surface area contributed by atoms with E-state index in [2.05, 4.69) is 20.5 Å². The molecule has 0 saturated carbocycles. The standard InChI is InChI=1S/C18H14N4O4/c23-16(20-10-11-1-3-13(4-2-11)18(25)26)14-9-15(21-22-17(14)24)12-5-7-19-8-6-12/h1-9H,10H2,(H,20,23)(H,22,24)(H,25,26). The van der Waals surface area contributed by atoms with Gasteiger partial charge < -0.3 is 10.4 Å². The summed E-state index contributed by atoms with van der Waals surface area (Å²) in [6, 6.07) is 10.9. The van der Waals surface area contributed by atoms with Crippen molar-refractivity contribution >= 4 is 11.9 Å². The van der Waals surface area contributed by atoms with Crippen molar-refractivity contribution in [2.75, 3.05) is 0 Å². The number of aromatic amines is 1. The van der Waals surface area contributed by atoms with Gasteiger partial charge in [-0.25, -0.2) is 9.89 Å². The van der Waals surface area contributed by atoms with E-state index in [1.165, 1.54) is 18.2 Å². The van der Waals surface area contributed by atoms with Crippen molar-refractivity contribution in [3.05, 3.63) is 81.9 Å². The highest BCUT2D eigenvalue weighted by Gasteiger charge is 2.13. The Labute approximate surface area is 147 Å². The van der Waals surface area contributed by atoms with Gasteiger partial charge in [0.25, 0.3) is 11.5 Å². The number of carbonyl (C=O) groups excluding carboxylic acids is 1. The van der Waals surface area contributed by atoms with E-state index >= 15 is 0 Å². The quantitative estimate of drug-likeness (QED) is 0.640. The molecule has 0 spiro atoms. The lowest BCUT2D eigenvalue weighted by atomic mass is 10.1. The predicted molar refractivity (Wildman–Crippen MR) is 92.7 cm³/mol. The normalized spacial score (nSPS) is 10.3. The van der Waals surface area contributed by atoms with Gasteiger partial charge in [-0.3, -0.25) is 14.6 Å². The molecule has 2 aromatic heterocycles. The zero-order chi connectivity index (χ0) is 18.5. The monoisotopic (exact) mass is 350 g/mol. The fourth-order valence-corrected chi connectivity index (χ4v) is 2.29. The lowest BCUT2D eigenvalue weighted by Gasteiger charge is -2.06. The summed E-state index contributed by atoms with van der Waals surface area (Å²) in [5.74, 6) is -1.57. The minimum Gasteiger partial charge on any atom is -0.478 e. The first-order chi connectivity index (χ1) is 12.5. The van der Waals surface area contributed by atoms with Crippen molar-refractivity contribution in [1.29, 1.82) is 0 Å². The first kappa shape index (κ1) is 17.0. The number of carbonyl (C=O) groups is 2. The molecule has 0 fully saturated rings. The number of pyridine rings is 1. The van der Waals surface area contributed by atoms with Crippen LogP contribution in [0, 0.1) is 0 Å². The Morgan fingerprint density at radius 3 is 2.42 bits per heavy atom. The number of aromatic carboxylic acids is 1. The molecule has 3 N–H and O–H groups in total. The topological polar surface area (TPSA) is 125 Å². The van der Waals surface area contributed by atoms with Crippen molar-refractivity contribution in [2.24, 2.45) is 0 Å². The number of carboxylic acid groups (broad SMARTS) is 1. The van der Waals surface area contributed by atoms with E-state index in [0.717, 1.165) is 5.56 Å². The molecule has 26 heavy (non-hydrogen) atoms. The molecule has 0 aliphatic heterocycles. The molecule has 8 heteroatoms. The van der Waals surface area contributed by atoms with Crippen LogP contribution in [0.2, 0.25) is 0 Å². The van der Waals surface area contributed by atoms with Gasteiger partial charge in [-0.2, -0.15) is 5.10 Å². The molecule has 0 unspecified atom stereocenters. The largest absolute Gasteiger partial charge is 0.478 e. The van der Waals surface area contributed by atoms with Crippen LogP contribution < -0.4 is 10.9 Å². The number of rotatable bonds is 5. The molecule has 8 nitrogen and oxygen atoms in total. The summed E-state index contributed by atoms with van der Waals surface area (Å²) in [7, 11) is 0. The summed E-state index contributed by atoms with van der Waals surface area (Å²) >= 11 is 0. The second-order valence-corrected chi connectivity index (χ2v) is 5.42. The van der Waals surface area contributed by atoms with Gasteiger partial charge in [0, 0.05) is 24.5 Å². The number of nitrogens with zero attached hydrogens (tertiary/aromatic N) is 2. The van der Waals surface area contributed by atoms with Gasteiger partial charge in [0.05, 0.1) is 11.3 Å². The van der Waals surface area contributed by atoms with Crippen molar-refractivity contribution in [3.8, 4) is 11.3 Å². The smallest absolute Gasteiger partial charge is 0.335 e. The van der Waals surface area contributed by atoms with Crippen LogP contribution in [0.25, 0.3) is 11.3 Å². The summed E-state index contributed by atoms with van der Waals surface area (Å²) in [6.07, 6.45) is 3.17. The van der Waals surface area contributed by atoms with E-state index < -0.39 is 17.4 Å². The fourth-order valence-electron chi connectivity index (χ4n) is 2.29. The lowest BCUT2D eigenvalue weighted by Crippen LogP contribution is -2.29. The number of nitrogens with one attached hydrogen (secondary N) is 2. The molecule has 0 bridgehead atoms. The highest BCUT2D eigenvalue weighted by molar-refractivity contribution is 5.94. The van der Waals surface area contributed by atoms with Crippen molar-refractivity contribution in [3.63, 3.8) is 0 Å². The maximum absolute atomic E-state index is 12.3. The number of benzene rings is 1. The molecule has 3 aromatic rings. The van der Waals surface area contributed by atoms with Crippen LogP contribution in [-0.2, 0) is 6.54 Å². The first-order valence-electron chi connectivity index (χ1n) is 7.65. The van der Waals surface area contributed by atoms with E-state index in [0.29, 0.717) is 11.3 Å².